The molecule has 0 atom stereocenters. The van der Waals surface area contributed by atoms with Crippen molar-refractivity contribution in [3.05, 3.63) is 97.6 Å². The van der Waals surface area contributed by atoms with Crippen molar-refractivity contribution < 1.29 is 19.0 Å². The van der Waals surface area contributed by atoms with E-state index in [-0.39, 0.29) is 11.6 Å². The van der Waals surface area contributed by atoms with Crippen LogP contribution in [0.5, 0.6) is 11.5 Å². The highest BCUT2D eigenvalue weighted by molar-refractivity contribution is 9.10. The first-order valence-electron chi connectivity index (χ1n) is 10.0. The van der Waals surface area contributed by atoms with Gasteiger partial charge in [0.1, 0.15) is 6.61 Å². The van der Waals surface area contributed by atoms with Crippen molar-refractivity contribution in [3.63, 3.8) is 0 Å². The predicted octanol–water partition coefficient (Wildman–Crippen LogP) is 7.08. The maximum absolute atomic E-state index is 12.4. The summed E-state index contributed by atoms with van der Waals surface area (Å²) in [5.41, 5.74) is 2.43. The summed E-state index contributed by atoms with van der Waals surface area (Å²) in [7, 11) is 0. The van der Waals surface area contributed by atoms with Gasteiger partial charge in [0, 0.05) is 15.1 Å². The monoisotopic (exact) mass is 545 g/mol. The standard InChI is InChI=1S/C25H18BrCl2NO4/c1-2-31-22-12-16(10-20(28)23(22)32-14-15-6-8-19(27)9-7-15)11-21-25(30)33-24(29-21)17-4-3-5-18(26)13-17/h3-13H,2,14H2,1H3/b21-11-. The summed E-state index contributed by atoms with van der Waals surface area (Å²) in [4.78, 5) is 16.7. The van der Waals surface area contributed by atoms with Gasteiger partial charge in [-0.3, -0.25) is 0 Å². The molecule has 0 saturated heterocycles. The molecule has 33 heavy (non-hydrogen) atoms. The molecular formula is C25H18BrCl2NO4. The van der Waals surface area contributed by atoms with Crippen molar-refractivity contribution in [2.24, 2.45) is 4.99 Å². The zero-order chi connectivity index (χ0) is 23.4. The van der Waals surface area contributed by atoms with E-state index in [4.69, 9.17) is 37.4 Å². The second kappa shape index (κ2) is 10.4. The third-order valence-corrected chi connectivity index (χ3v) is 5.65. The lowest BCUT2D eigenvalue weighted by molar-refractivity contribution is -0.129. The third kappa shape index (κ3) is 5.77. The minimum absolute atomic E-state index is 0.165. The second-order valence-electron chi connectivity index (χ2n) is 7.02. The summed E-state index contributed by atoms with van der Waals surface area (Å²) >= 11 is 15.9. The third-order valence-electron chi connectivity index (χ3n) is 4.62. The van der Waals surface area contributed by atoms with Gasteiger partial charge in [0.2, 0.25) is 5.90 Å². The molecule has 8 heteroatoms. The van der Waals surface area contributed by atoms with Gasteiger partial charge < -0.3 is 14.2 Å². The molecule has 0 radical (unpaired) electrons. The highest BCUT2D eigenvalue weighted by atomic mass is 79.9. The van der Waals surface area contributed by atoms with Gasteiger partial charge in [0.05, 0.1) is 11.6 Å². The molecule has 0 bridgehead atoms. The Kier molecular flexibility index (Phi) is 7.38. The summed E-state index contributed by atoms with van der Waals surface area (Å²) in [5, 5.41) is 1.00. The molecule has 0 N–H and O–H groups in total. The number of benzene rings is 3. The molecule has 168 valence electrons. The van der Waals surface area contributed by atoms with Crippen molar-refractivity contribution in [2.45, 2.75) is 13.5 Å². The Morgan fingerprint density at radius 2 is 1.85 bits per heavy atom. The Labute approximate surface area is 209 Å². The van der Waals surface area contributed by atoms with Gasteiger partial charge in [-0.05, 0) is 66.6 Å². The van der Waals surface area contributed by atoms with E-state index in [1.54, 1.807) is 30.3 Å². The zero-order valence-corrected chi connectivity index (χ0v) is 20.6. The van der Waals surface area contributed by atoms with Gasteiger partial charge in [-0.2, -0.15) is 0 Å². The molecule has 0 aliphatic carbocycles. The summed E-state index contributed by atoms with van der Waals surface area (Å²) in [5.74, 6) is 0.588. The van der Waals surface area contributed by atoms with Crippen molar-refractivity contribution in [1.29, 1.82) is 0 Å². The summed E-state index contributed by atoms with van der Waals surface area (Å²) in [6.45, 7) is 2.58. The molecule has 1 aliphatic heterocycles. The van der Waals surface area contributed by atoms with Crippen LogP contribution in [0.2, 0.25) is 10.0 Å². The molecule has 3 aromatic rings. The highest BCUT2D eigenvalue weighted by Crippen LogP contribution is 2.38. The lowest BCUT2D eigenvalue weighted by atomic mass is 10.1. The Hall–Kier alpha value is -2.80. The van der Waals surface area contributed by atoms with Gasteiger partial charge in [-0.15, -0.1) is 0 Å². The predicted molar refractivity (Wildman–Crippen MR) is 133 cm³/mol. The van der Waals surface area contributed by atoms with Crippen LogP contribution in [0.15, 0.2) is 75.8 Å². The Balaban J connectivity index is 1.61. The fraction of sp³-hybridized carbons (Fsp3) is 0.120. The smallest absolute Gasteiger partial charge is 0.363 e. The average molecular weight is 547 g/mol. The molecule has 0 spiro atoms. The maximum atomic E-state index is 12.4. The normalized spacial score (nSPS) is 14.2. The number of halogens is 3. The van der Waals surface area contributed by atoms with E-state index in [1.807, 2.05) is 43.3 Å². The van der Waals surface area contributed by atoms with Crippen molar-refractivity contribution in [3.8, 4) is 11.5 Å². The first-order chi connectivity index (χ1) is 15.9. The molecule has 0 saturated carbocycles. The van der Waals surface area contributed by atoms with Crippen LogP contribution in [-0.2, 0) is 16.1 Å². The summed E-state index contributed by atoms with van der Waals surface area (Å²) < 4.78 is 17.9. The quantitative estimate of drug-likeness (QED) is 0.235. The molecule has 0 aromatic heterocycles. The van der Waals surface area contributed by atoms with Gasteiger partial charge in [-0.1, -0.05) is 57.3 Å². The molecule has 0 fully saturated rings. The van der Waals surface area contributed by atoms with E-state index >= 15 is 0 Å². The Bertz CT molecular complexity index is 1260. The van der Waals surface area contributed by atoms with Crippen LogP contribution in [0.25, 0.3) is 6.08 Å². The van der Waals surface area contributed by atoms with Crippen molar-refractivity contribution >= 4 is 57.1 Å². The van der Waals surface area contributed by atoms with E-state index in [2.05, 4.69) is 20.9 Å². The van der Waals surface area contributed by atoms with Crippen LogP contribution in [0.3, 0.4) is 0 Å². The Morgan fingerprint density at radius 3 is 2.58 bits per heavy atom. The molecule has 1 heterocycles. The molecule has 5 nitrogen and oxygen atoms in total. The van der Waals surface area contributed by atoms with Gasteiger partial charge in [0.25, 0.3) is 0 Å². The van der Waals surface area contributed by atoms with E-state index in [1.165, 1.54) is 0 Å². The molecular weight excluding hydrogens is 529 g/mol. The van der Waals surface area contributed by atoms with E-state index in [0.29, 0.717) is 45.9 Å². The minimum Gasteiger partial charge on any atom is -0.490 e. The van der Waals surface area contributed by atoms with Crippen LogP contribution in [-0.4, -0.2) is 18.5 Å². The minimum atomic E-state index is -0.540. The number of esters is 1. The number of aliphatic imine (C=N–C) groups is 1. The maximum Gasteiger partial charge on any atom is 0.363 e. The fourth-order valence-corrected chi connectivity index (χ4v) is 3.92. The summed E-state index contributed by atoms with van der Waals surface area (Å²) in [6, 6.07) is 18.1. The SMILES string of the molecule is CCOc1cc(/C=C2\N=C(c3cccc(Br)c3)OC2=O)cc(Cl)c1OCc1ccc(Cl)cc1. The molecule has 1 aliphatic rings. The van der Waals surface area contributed by atoms with Crippen LogP contribution in [0.1, 0.15) is 23.6 Å². The van der Waals surface area contributed by atoms with Crippen LogP contribution >= 0.6 is 39.1 Å². The number of cyclic esters (lactones) is 1. The summed E-state index contributed by atoms with van der Waals surface area (Å²) in [6.07, 6.45) is 1.60. The van der Waals surface area contributed by atoms with E-state index in [9.17, 15) is 4.79 Å². The Morgan fingerprint density at radius 1 is 1.06 bits per heavy atom. The molecule has 3 aromatic carbocycles. The van der Waals surface area contributed by atoms with Crippen LogP contribution < -0.4 is 9.47 Å². The number of hydrogen-bond acceptors (Lipinski definition) is 5. The van der Waals surface area contributed by atoms with E-state index < -0.39 is 5.97 Å². The lowest BCUT2D eigenvalue weighted by Gasteiger charge is -2.14. The van der Waals surface area contributed by atoms with Gasteiger partial charge in [0.15, 0.2) is 17.2 Å². The second-order valence-corrected chi connectivity index (χ2v) is 8.78. The fourth-order valence-electron chi connectivity index (χ4n) is 3.12. The van der Waals surface area contributed by atoms with Crippen LogP contribution in [0, 0.1) is 0 Å². The first-order valence-corrected chi connectivity index (χ1v) is 11.6. The topological polar surface area (TPSA) is 57.1 Å². The van der Waals surface area contributed by atoms with E-state index in [0.717, 1.165) is 10.0 Å². The lowest BCUT2D eigenvalue weighted by Crippen LogP contribution is -2.05. The number of ether oxygens (including phenoxy) is 3. The van der Waals surface area contributed by atoms with Crippen molar-refractivity contribution in [1.82, 2.24) is 0 Å². The highest BCUT2D eigenvalue weighted by Gasteiger charge is 2.24. The molecule has 0 unspecified atom stereocenters. The largest absolute Gasteiger partial charge is 0.490 e. The molecule has 0 amide bonds. The van der Waals surface area contributed by atoms with Crippen LogP contribution in [0.4, 0.5) is 0 Å². The average Bonchev–Trinajstić information content (AvgIpc) is 3.15. The van der Waals surface area contributed by atoms with Gasteiger partial charge >= 0.3 is 5.97 Å². The van der Waals surface area contributed by atoms with Gasteiger partial charge in [-0.25, -0.2) is 9.79 Å². The zero-order valence-electron chi connectivity index (χ0n) is 17.5. The number of nitrogens with zero attached hydrogens (tertiary/aromatic N) is 1. The van der Waals surface area contributed by atoms with Crippen molar-refractivity contribution in [2.75, 3.05) is 6.61 Å². The first kappa shape index (κ1) is 23.4. The number of carbonyl (C=O) groups is 1. The number of rotatable bonds is 7. The molecule has 4 rings (SSSR count). The number of hydrogen-bond donors (Lipinski definition) is 0. The number of carbonyl (C=O) groups excluding carboxylic acids is 1.